The minimum absolute atomic E-state index is 0.0741. The van der Waals surface area contributed by atoms with E-state index in [1.165, 1.54) is 29.6 Å². The third-order valence-electron chi connectivity index (χ3n) is 5.23. The maximum absolute atomic E-state index is 13.1. The first-order valence-corrected chi connectivity index (χ1v) is 11.7. The highest BCUT2D eigenvalue weighted by Crippen LogP contribution is 2.30. The molecular formula is C23H28N2O6S. The van der Waals surface area contributed by atoms with Gasteiger partial charge in [0, 0.05) is 24.3 Å². The summed E-state index contributed by atoms with van der Waals surface area (Å²) in [6, 6.07) is 11.1. The van der Waals surface area contributed by atoms with Crippen molar-refractivity contribution in [3.8, 4) is 5.75 Å². The van der Waals surface area contributed by atoms with Crippen molar-refractivity contribution in [1.29, 1.82) is 0 Å². The second-order valence-electron chi connectivity index (χ2n) is 8.49. The number of ketones is 1. The molecule has 0 aromatic heterocycles. The van der Waals surface area contributed by atoms with E-state index in [1.54, 1.807) is 12.1 Å². The smallest absolute Gasteiger partial charge is 0.296 e. The molecule has 0 bridgehead atoms. The molecule has 0 aliphatic carbocycles. The molecule has 9 heteroatoms. The Hall–Kier alpha value is -2.75. The summed E-state index contributed by atoms with van der Waals surface area (Å²) in [6.45, 7) is 7.24. The van der Waals surface area contributed by atoms with E-state index in [0.29, 0.717) is 13.2 Å². The summed E-state index contributed by atoms with van der Waals surface area (Å²) in [6.07, 6.45) is 0. The number of anilines is 1. The molecule has 0 saturated carbocycles. The maximum atomic E-state index is 13.1. The van der Waals surface area contributed by atoms with Gasteiger partial charge in [-0.25, -0.2) is 8.42 Å². The van der Waals surface area contributed by atoms with Crippen LogP contribution in [0.15, 0.2) is 47.4 Å². The number of methoxy groups -OCH3 is 1. The highest BCUT2D eigenvalue weighted by atomic mass is 32.2. The average molecular weight is 461 g/mol. The van der Waals surface area contributed by atoms with Crippen molar-refractivity contribution < 1.29 is 27.5 Å². The molecule has 1 saturated heterocycles. The molecular weight excluding hydrogens is 432 g/mol. The van der Waals surface area contributed by atoms with Crippen LogP contribution in [-0.2, 0) is 25.0 Å². The topological polar surface area (TPSA) is 102 Å². The van der Waals surface area contributed by atoms with Crippen LogP contribution in [0.1, 0.15) is 36.7 Å². The molecule has 1 fully saturated rings. The largest absolute Gasteiger partial charge is 0.495 e. The second-order valence-corrected chi connectivity index (χ2v) is 10.4. The van der Waals surface area contributed by atoms with E-state index in [9.17, 15) is 18.0 Å². The first kappa shape index (κ1) is 23.9. The summed E-state index contributed by atoms with van der Waals surface area (Å²) in [7, 11) is -2.49. The van der Waals surface area contributed by atoms with Gasteiger partial charge in [0.15, 0.2) is 0 Å². The minimum Gasteiger partial charge on any atom is -0.495 e. The standard InChI is InChI=1S/C23H28N2O6S/c1-23(2,3)17-7-5-16(6-8-17)21(26)22(27)24-18-9-10-19(30-4)20(15-18)32(28,29)25-11-13-31-14-12-25/h5-10,15H,11-14H2,1-4H3,(H,24,27). The molecule has 0 unspecified atom stereocenters. The quantitative estimate of drug-likeness (QED) is 0.525. The fraction of sp³-hybridized carbons (Fsp3) is 0.391. The molecule has 0 atom stereocenters. The summed E-state index contributed by atoms with van der Waals surface area (Å²) in [5.74, 6) is -1.41. The molecule has 1 aliphatic heterocycles. The van der Waals surface area contributed by atoms with Gasteiger partial charge in [0.05, 0.1) is 20.3 Å². The Balaban J connectivity index is 1.82. The summed E-state index contributed by atoms with van der Waals surface area (Å²) in [4.78, 5) is 25.0. The van der Waals surface area contributed by atoms with Gasteiger partial charge in [0.25, 0.3) is 11.7 Å². The molecule has 0 radical (unpaired) electrons. The van der Waals surface area contributed by atoms with Crippen molar-refractivity contribution in [2.24, 2.45) is 0 Å². The lowest BCUT2D eigenvalue weighted by atomic mass is 9.86. The molecule has 2 aromatic rings. The first-order valence-electron chi connectivity index (χ1n) is 10.3. The number of hydrogen-bond donors (Lipinski definition) is 1. The fourth-order valence-corrected chi connectivity index (χ4v) is 4.91. The van der Waals surface area contributed by atoms with E-state index in [1.807, 2.05) is 12.1 Å². The Morgan fingerprint density at radius 3 is 2.22 bits per heavy atom. The zero-order valence-electron chi connectivity index (χ0n) is 18.7. The molecule has 1 heterocycles. The van der Waals surface area contributed by atoms with Gasteiger partial charge in [0.2, 0.25) is 10.0 Å². The van der Waals surface area contributed by atoms with Crippen LogP contribution in [0.3, 0.4) is 0 Å². The molecule has 2 aromatic carbocycles. The number of benzene rings is 2. The Morgan fingerprint density at radius 1 is 1.03 bits per heavy atom. The zero-order chi connectivity index (χ0) is 23.5. The van der Waals surface area contributed by atoms with Crippen molar-refractivity contribution >= 4 is 27.4 Å². The highest BCUT2D eigenvalue weighted by Gasteiger charge is 2.30. The predicted octanol–water partition coefficient (Wildman–Crippen LogP) is 2.84. The number of nitrogens with zero attached hydrogens (tertiary/aromatic N) is 1. The van der Waals surface area contributed by atoms with Gasteiger partial charge in [-0.2, -0.15) is 4.31 Å². The van der Waals surface area contributed by atoms with Gasteiger partial charge in [-0.15, -0.1) is 0 Å². The number of nitrogens with one attached hydrogen (secondary N) is 1. The van der Waals surface area contributed by atoms with Gasteiger partial charge in [-0.05, 0) is 29.2 Å². The van der Waals surface area contributed by atoms with Crippen molar-refractivity contribution in [2.45, 2.75) is 31.1 Å². The van der Waals surface area contributed by atoms with Crippen LogP contribution in [0.25, 0.3) is 0 Å². The summed E-state index contributed by atoms with van der Waals surface area (Å²) < 4.78 is 37.9. The number of amides is 1. The number of hydrogen-bond acceptors (Lipinski definition) is 6. The van der Waals surface area contributed by atoms with Crippen LogP contribution in [0.4, 0.5) is 5.69 Å². The second kappa shape index (κ2) is 9.40. The number of sulfonamides is 1. The van der Waals surface area contributed by atoms with E-state index >= 15 is 0 Å². The summed E-state index contributed by atoms with van der Waals surface area (Å²) in [5.41, 5.74) is 1.41. The SMILES string of the molecule is COc1ccc(NC(=O)C(=O)c2ccc(C(C)(C)C)cc2)cc1S(=O)(=O)N1CCOCC1. The Labute approximate surface area is 188 Å². The first-order chi connectivity index (χ1) is 15.0. The summed E-state index contributed by atoms with van der Waals surface area (Å²) >= 11 is 0. The predicted molar refractivity (Wildman–Crippen MR) is 121 cm³/mol. The van der Waals surface area contributed by atoms with Crippen LogP contribution in [0.2, 0.25) is 0 Å². The lowest BCUT2D eigenvalue weighted by molar-refractivity contribution is -0.112. The molecule has 1 amide bonds. The van der Waals surface area contributed by atoms with Gasteiger partial charge in [0.1, 0.15) is 10.6 Å². The van der Waals surface area contributed by atoms with E-state index in [-0.39, 0.29) is 40.4 Å². The van der Waals surface area contributed by atoms with Crippen LogP contribution in [0, 0.1) is 0 Å². The van der Waals surface area contributed by atoms with Crippen molar-refractivity contribution in [1.82, 2.24) is 4.31 Å². The maximum Gasteiger partial charge on any atom is 0.296 e. The molecule has 172 valence electrons. The van der Waals surface area contributed by atoms with Crippen LogP contribution < -0.4 is 10.1 Å². The molecule has 8 nitrogen and oxygen atoms in total. The van der Waals surface area contributed by atoms with Crippen LogP contribution in [-0.4, -0.2) is 57.8 Å². The van der Waals surface area contributed by atoms with Crippen molar-refractivity contribution in [3.05, 3.63) is 53.6 Å². The third-order valence-corrected chi connectivity index (χ3v) is 7.15. The van der Waals surface area contributed by atoms with E-state index < -0.39 is 21.7 Å². The monoisotopic (exact) mass is 460 g/mol. The van der Waals surface area contributed by atoms with E-state index in [2.05, 4.69) is 26.1 Å². The van der Waals surface area contributed by atoms with Gasteiger partial charge in [-0.3, -0.25) is 9.59 Å². The van der Waals surface area contributed by atoms with Gasteiger partial charge < -0.3 is 14.8 Å². The highest BCUT2D eigenvalue weighted by molar-refractivity contribution is 7.89. The Bertz CT molecular complexity index is 1100. The molecule has 1 N–H and O–H groups in total. The van der Waals surface area contributed by atoms with E-state index in [0.717, 1.165) is 5.56 Å². The molecule has 32 heavy (non-hydrogen) atoms. The number of morpholine rings is 1. The number of ether oxygens (including phenoxy) is 2. The van der Waals surface area contributed by atoms with Crippen LogP contribution in [0.5, 0.6) is 5.75 Å². The van der Waals surface area contributed by atoms with Crippen LogP contribution >= 0.6 is 0 Å². The number of carbonyl (C=O) groups excluding carboxylic acids is 2. The lowest BCUT2D eigenvalue weighted by Gasteiger charge is -2.26. The van der Waals surface area contributed by atoms with Gasteiger partial charge in [-0.1, -0.05) is 45.0 Å². The number of Topliss-reactive ketones (excluding diaryl/α,β-unsaturated/α-hetero) is 1. The van der Waals surface area contributed by atoms with E-state index in [4.69, 9.17) is 9.47 Å². The lowest BCUT2D eigenvalue weighted by Crippen LogP contribution is -2.40. The van der Waals surface area contributed by atoms with Crippen molar-refractivity contribution in [3.63, 3.8) is 0 Å². The molecule has 1 aliphatic rings. The summed E-state index contributed by atoms with van der Waals surface area (Å²) in [5, 5.41) is 2.50. The van der Waals surface area contributed by atoms with Crippen molar-refractivity contribution in [2.75, 3.05) is 38.7 Å². The minimum atomic E-state index is -3.86. The van der Waals surface area contributed by atoms with Gasteiger partial charge >= 0.3 is 0 Å². The molecule has 0 spiro atoms. The average Bonchev–Trinajstić information content (AvgIpc) is 2.78. The normalized spacial score (nSPS) is 15.2. The Morgan fingerprint density at radius 2 is 1.66 bits per heavy atom. The molecule has 3 rings (SSSR count). The fourth-order valence-electron chi connectivity index (χ4n) is 3.32. The zero-order valence-corrected chi connectivity index (χ0v) is 19.5. The number of carbonyl (C=O) groups is 2. The third kappa shape index (κ3) is 5.17. The Kier molecular flexibility index (Phi) is 7.02. The number of rotatable bonds is 6.